The normalized spacial score (nSPS) is 31.4. The van der Waals surface area contributed by atoms with Crippen LogP contribution in [0.1, 0.15) is 19.3 Å². The van der Waals surface area contributed by atoms with Gasteiger partial charge in [0.1, 0.15) is 0 Å². The van der Waals surface area contributed by atoms with Crippen molar-refractivity contribution in [2.75, 3.05) is 44.2 Å². The van der Waals surface area contributed by atoms with Crippen LogP contribution in [0.25, 0.3) is 0 Å². The fourth-order valence-corrected chi connectivity index (χ4v) is 4.08. The van der Waals surface area contributed by atoms with Crippen molar-refractivity contribution >= 4 is 5.95 Å². The highest BCUT2D eigenvalue weighted by Gasteiger charge is 2.40. The van der Waals surface area contributed by atoms with Crippen LogP contribution in [-0.2, 0) is 0 Å². The number of aliphatic hydroxyl groups excluding tert-OH is 1. The molecule has 2 aliphatic heterocycles. The van der Waals surface area contributed by atoms with E-state index in [0.29, 0.717) is 12.1 Å². The smallest absolute Gasteiger partial charge is 0.225 e. The summed E-state index contributed by atoms with van der Waals surface area (Å²) in [5, 5.41) is 10.0. The van der Waals surface area contributed by atoms with Gasteiger partial charge in [-0.05, 0) is 25.3 Å². The highest BCUT2D eigenvalue weighted by atomic mass is 16.3. The van der Waals surface area contributed by atoms with Gasteiger partial charge in [-0.1, -0.05) is 0 Å². The molecule has 120 valence electrons. The van der Waals surface area contributed by atoms with Crippen LogP contribution in [0.3, 0.4) is 0 Å². The van der Waals surface area contributed by atoms with E-state index >= 15 is 0 Å². The molecule has 22 heavy (non-hydrogen) atoms. The lowest BCUT2D eigenvalue weighted by atomic mass is 10.0. The molecule has 1 saturated carbocycles. The van der Waals surface area contributed by atoms with E-state index in [1.807, 2.05) is 18.5 Å². The largest absolute Gasteiger partial charge is 0.391 e. The van der Waals surface area contributed by atoms with Crippen molar-refractivity contribution in [3.8, 4) is 0 Å². The van der Waals surface area contributed by atoms with Crippen molar-refractivity contribution in [1.29, 1.82) is 0 Å². The summed E-state index contributed by atoms with van der Waals surface area (Å²) in [6.07, 6.45) is 6.88. The van der Waals surface area contributed by atoms with Crippen LogP contribution in [0.5, 0.6) is 0 Å². The molecule has 0 aromatic carbocycles. The third-order valence-corrected chi connectivity index (χ3v) is 5.47. The van der Waals surface area contributed by atoms with Crippen molar-refractivity contribution in [2.24, 2.45) is 0 Å². The van der Waals surface area contributed by atoms with Crippen LogP contribution < -0.4 is 4.90 Å². The number of aliphatic hydroxyl groups is 1. The Morgan fingerprint density at radius 1 is 0.955 bits per heavy atom. The molecule has 6 nitrogen and oxygen atoms in total. The molecule has 3 aliphatic rings. The number of hydrogen-bond acceptors (Lipinski definition) is 6. The van der Waals surface area contributed by atoms with Crippen LogP contribution in [-0.4, -0.2) is 82.3 Å². The lowest BCUT2D eigenvalue weighted by Crippen LogP contribution is -2.66. The number of nitrogens with zero attached hydrogens (tertiary/aromatic N) is 5. The number of anilines is 1. The minimum absolute atomic E-state index is 0.0898. The van der Waals surface area contributed by atoms with Crippen molar-refractivity contribution in [2.45, 2.75) is 37.5 Å². The molecule has 1 aromatic rings. The first-order valence-corrected chi connectivity index (χ1v) is 8.49. The molecular weight excluding hydrogens is 278 g/mol. The molecule has 0 amide bonds. The standard InChI is InChI=1S/C16H25N5O/c22-15-4-1-3-14(15)21-11-13(12-21)19-7-9-20(10-8-19)16-17-5-2-6-18-16/h2,5-6,13-15,22H,1,3-4,7-12H2. The Labute approximate surface area is 131 Å². The summed E-state index contributed by atoms with van der Waals surface area (Å²) in [5.41, 5.74) is 0. The van der Waals surface area contributed by atoms with E-state index in [4.69, 9.17) is 0 Å². The van der Waals surface area contributed by atoms with E-state index in [1.54, 1.807) is 0 Å². The molecular formula is C16H25N5O. The van der Waals surface area contributed by atoms with Crippen molar-refractivity contribution in [3.63, 3.8) is 0 Å². The summed E-state index contributed by atoms with van der Waals surface area (Å²) in [6, 6.07) is 2.96. The molecule has 0 bridgehead atoms. The average Bonchev–Trinajstić information content (AvgIpc) is 2.94. The fraction of sp³-hybridized carbons (Fsp3) is 0.750. The Morgan fingerprint density at radius 3 is 2.32 bits per heavy atom. The highest BCUT2D eigenvalue weighted by Crippen LogP contribution is 2.29. The molecule has 1 aromatic heterocycles. The van der Waals surface area contributed by atoms with E-state index in [2.05, 4.69) is 24.7 Å². The van der Waals surface area contributed by atoms with Gasteiger partial charge in [-0.2, -0.15) is 0 Å². The van der Waals surface area contributed by atoms with E-state index < -0.39 is 0 Å². The summed E-state index contributed by atoms with van der Waals surface area (Å²) in [7, 11) is 0. The van der Waals surface area contributed by atoms with Crippen LogP contribution >= 0.6 is 0 Å². The van der Waals surface area contributed by atoms with Crippen molar-refractivity contribution in [1.82, 2.24) is 19.8 Å². The number of aromatic nitrogens is 2. The van der Waals surface area contributed by atoms with Crippen molar-refractivity contribution in [3.05, 3.63) is 18.5 Å². The van der Waals surface area contributed by atoms with Crippen LogP contribution in [0.2, 0.25) is 0 Å². The third-order valence-electron chi connectivity index (χ3n) is 5.47. The summed E-state index contributed by atoms with van der Waals surface area (Å²) in [6.45, 7) is 6.44. The van der Waals surface area contributed by atoms with Crippen molar-refractivity contribution < 1.29 is 5.11 Å². The maximum absolute atomic E-state index is 10.0. The van der Waals surface area contributed by atoms with Crippen LogP contribution in [0, 0.1) is 0 Å². The number of likely N-dealkylation sites (tertiary alicyclic amines) is 1. The molecule has 1 N–H and O–H groups in total. The van der Waals surface area contributed by atoms with Gasteiger partial charge in [0.25, 0.3) is 0 Å². The van der Waals surface area contributed by atoms with E-state index in [9.17, 15) is 5.11 Å². The van der Waals surface area contributed by atoms with Crippen LogP contribution in [0.4, 0.5) is 5.95 Å². The highest BCUT2D eigenvalue weighted by molar-refractivity contribution is 5.29. The Morgan fingerprint density at radius 2 is 1.68 bits per heavy atom. The summed E-state index contributed by atoms with van der Waals surface area (Å²) < 4.78 is 0. The Balaban J connectivity index is 1.25. The molecule has 4 rings (SSSR count). The van der Waals surface area contributed by atoms with Gasteiger partial charge < -0.3 is 10.0 Å². The first-order chi connectivity index (χ1) is 10.8. The first kappa shape index (κ1) is 14.4. The molecule has 3 heterocycles. The molecule has 3 fully saturated rings. The summed E-state index contributed by atoms with van der Waals surface area (Å²) in [5.74, 6) is 0.853. The lowest BCUT2D eigenvalue weighted by molar-refractivity contribution is -0.0295. The first-order valence-electron chi connectivity index (χ1n) is 8.49. The second-order valence-electron chi connectivity index (χ2n) is 6.75. The second-order valence-corrected chi connectivity index (χ2v) is 6.75. The molecule has 0 radical (unpaired) electrons. The lowest BCUT2D eigenvalue weighted by Gasteiger charge is -2.50. The average molecular weight is 303 g/mol. The molecule has 6 heteroatoms. The zero-order valence-electron chi connectivity index (χ0n) is 13.0. The van der Waals surface area contributed by atoms with Gasteiger partial charge in [0.15, 0.2) is 0 Å². The minimum atomic E-state index is -0.0898. The molecule has 2 atom stereocenters. The number of rotatable bonds is 3. The van der Waals surface area contributed by atoms with Gasteiger partial charge in [-0.15, -0.1) is 0 Å². The van der Waals surface area contributed by atoms with Gasteiger partial charge >= 0.3 is 0 Å². The van der Waals surface area contributed by atoms with E-state index in [0.717, 1.165) is 51.6 Å². The number of hydrogen-bond donors (Lipinski definition) is 1. The van der Waals surface area contributed by atoms with Gasteiger partial charge in [-0.25, -0.2) is 9.97 Å². The second kappa shape index (κ2) is 6.10. The van der Waals surface area contributed by atoms with E-state index in [1.165, 1.54) is 12.8 Å². The molecule has 2 saturated heterocycles. The molecule has 2 unspecified atom stereocenters. The molecule has 1 aliphatic carbocycles. The summed E-state index contributed by atoms with van der Waals surface area (Å²) >= 11 is 0. The monoisotopic (exact) mass is 303 g/mol. The number of piperazine rings is 1. The van der Waals surface area contributed by atoms with Gasteiger partial charge in [0.05, 0.1) is 6.10 Å². The predicted molar refractivity (Wildman–Crippen MR) is 84.8 cm³/mol. The zero-order chi connectivity index (χ0) is 14.9. The van der Waals surface area contributed by atoms with Gasteiger partial charge in [0, 0.05) is 63.7 Å². The summed E-state index contributed by atoms with van der Waals surface area (Å²) in [4.78, 5) is 16.0. The molecule has 0 spiro atoms. The fourth-order valence-electron chi connectivity index (χ4n) is 4.08. The van der Waals surface area contributed by atoms with E-state index in [-0.39, 0.29) is 6.10 Å². The zero-order valence-corrected chi connectivity index (χ0v) is 13.0. The third kappa shape index (κ3) is 2.71. The van der Waals surface area contributed by atoms with Gasteiger partial charge in [0.2, 0.25) is 5.95 Å². The maximum Gasteiger partial charge on any atom is 0.225 e. The Bertz CT molecular complexity index is 485. The Hall–Kier alpha value is -1.24. The van der Waals surface area contributed by atoms with Crippen LogP contribution in [0.15, 0.2) is 18.5 Å². The maximum atomic E-state index is 10.0. The predicted octanol–water partition coefficient (Wildman–Crippen LogP) is 0.196. The topological polar surface area (TPSA) is 55.7 Å². The SMILES string of the molecule is OC1CCCC1N1CC(N2CCN(c3ncccn3)CC2)C1. The Kier molecular flexibility index (Phi) is 3.98. The van der Waals surface area contributed by atoms with Gasteiger partial charge in [-0.3, -0.25) is 9.80 Å². The quantitative estimate of drug-likeness (QED) is 0.861. The minimum Gasteiger partial charge on any atom is -0.391 e.